The molecule has 0 aromatic carbocycles. The molecule has 3 atom stereocenters. The number of nitrogens with one attached hydrogen (secondary N) is 1. The highest BCUT2D eigenvalue weighted by molar-refractivity contribution is 5.77. The molecule has 3 N–H and O–H groups in total. The van der Waals surface area contributed by atoms with Gasteiger partial charge in [0.15, 0.2) is 0 Å². The number of rotatable bonds is 58. The largest absolute Gasteiger partial charge is 0.462 e. The summed E-state index contributed by atoms with van der Waals surface area (Å²) in [5, 5.41) is 24.0. The van der Waals surface area contributed by atoms with E-state index in [0.29, 0.717) is 19.3 Å². The molecule has 6 heteroatoms. The fraction of sp³-hybridized carbons (Fsp3) is 0.906. The first-order valence-corrected chi connectivity index (χ1v) is 31.6. The first-order valence-electron chi connectivity index (χ1n) is 31.6. The number of carbonyl (C=O) groups is 2. The van der Waals surface area contributed by atoms with Crippen LogP contribution in [0.15, 0.2) is 24.3 Å². The number of allylic oxidation sites excluding steroid dienone is 4. The molecule has 414 valence electrons. The van der Waals surface area contributed by atoms with Gasteiger partial charge in [0.05, 0.1) is 25.2 Å². The molecule has 0 aromatic rings. The van der Waals surface area contributed by atoms with Crippen LogP contribution in [0, 0.1) is 0 Å². The van der Waals surface area contributed by atoms with E-state index < -0.39 is 18.2 Å². The summed E-state index contributed by atoms with van der Waals surface area (Å²) in [6.45, 7) is 6.51. The summed E-state index contributed by atoms with van der Waals surface area (Å²) in [4.78, 5) is 26.4. The van der Waals surface area contributed by atoms with Crippen molar-refractivity contribution in [3.8, 4) is 0 Å². The fourth-order valence-electron chi connectivity index (χ4n) is 9.99. The molecule has 0 aliphatic heterocycles. The standard InChI is InChI=1S/C64H123NO5/c1-4-7-10-13-16-19-22-25-28-30-31-33-36-39-42-45-48-51-54-57-64(69)70-60(55-52-49-46-43-40-37-35-32-29-26-23-20-17-14-11-8-5-2)58-63(68)65-61(59-66)62(67)56-53-50-47-44-41-38-34-27-24-21-18-15-12-9-6-3/h17,20,26,29,60-62,66-67H,4-16,18-19,21-25,27-28,30-59H2,1-3H3,(H,65,68)/b20-17-,29-26-. The van der Waals surface area contributed by atoms with E-state index in [1.807, 2.05) is 0 Å². The summed E-state index contributed by atoms with van der Waals surface area (Å²) < 4.78 is 5.99. The first-order chi connectivity index (χ1) is 34.5. The molecule has 3 unspecified atom stereocenters. The molecular weight excluding hydrogens is 863 g/mol. The molecule has 1 amide bonds. The van der Waals surface area contributed by atoms with E-state index in [1.165, 1.54) is 238 Å². The van der Waals surface area contributed by atoms with Crippen LogP contribution in [-0.2, 0) is 14.3 Å². The zero-order valence-electron chi connectivity index (χ0n) is 47.4. The second-order valence-electron chi connectivity index (χ2n) is 21.8. The summed E-state index contributed by atoms with van der Waals surface area (Å²) in [6, 6.07) is -0.701. The Kier molecular flexibility index (Phi) is 56.9. The summed E-state index contributed by atoms with van der Waals surface area (Å²) in [6.07, 6.45) is 69.7. The molecule has 0 bridgehead atoms. The van der Waals surface area contributed by atoms with Crippen LogP contribution in [0.1, 0.15) is 348 Å². The molecule has 6 nitrogen and oxygen atoms in total. The van der Waals surface area contributed by atoms with Crippen molar-refractivity contribution < 1.29 is 24.5 Å². The fourth-order valence-corrected chi connectivity index (χ4v) is 9.99. The molecule has 0 heterocycles. The molecule has 0 aliphatic carbocycles. The zero-order valence-corrected chi connectivity index (χ0v) is 47.4. The lowest BCUT2D eigenvalue weighted by molar-refractivity contribution is -0.151. The van der Waals surface area contributed by atoms with E-state index in [0.717, 1.165) is 64.2 Å². The van der Waals surface area contributed by atoms with E-state index in [1.54, 1.807) is 0 Å². The van der Waals surface area contributed by atoms with Crippen molar-refractivity contribution in [2.24, 2.45) is 0 Å². The number of esters is 1. The van der Waals surface area contributed by atoms with Crippen LogP contribution in [0.5, 0.6) is 0 Å². The maximum Gasteiger partial charge on any atom is 0.306 e. The van der Waals surface area contributed by atoms with Gasteiger partial charge in [-0.2, -0.15) is 0 Å². The van der Waals surface area contributed by atoms with E-state index in [-0.39, 0.29) is 24.9 Å². The molecular formula is C64H123NO5. The molecule has 0 aromatic heterocycles. The zero-order chi connectivity index (χ0) is 50.9. The summed E-state index contributed by atoms with van der Waals surface area (Å²) in [7, 11) is 0. The van der Waals surface area contributed by atoms with E-state index in [4.69, 9.17) is 4.74 Å². The third-order valence-electron chi connectivity index (χ3n) is 14.8. The highest BCUT2D eigenvalue weighted by Gasteiger charge is 2.24. The smallest absolute Gasteiger partial charge is 0.306 e. The van der Waals surface area contributed by atoms with E-state index >= 15 is 0 Å². The quantitative estimate of drug-likeness (QED) is 0.0321. The maximum atomic E-state index is 13.3. The second-order valence-corrected chi connectivity index (χ2v) is 21.8. The van der Waals surface area contributed by atoms with Crippen LogP contribution in [-0.4, -0.2) is 46.9 Å². The van der Waals surface area contributed by atoms with Gasteiger partial charge in [-0.25, -0.2) is 0 Å². The molecule has 0 aliphatic rings. The van der Waals surface area contributed by atoms with Gasteiger partial charge in [-0.1, -0.05) is 302 Å². The van der Waals surface area contributed by atoms with Gasteiger partial charge in [0.25, 0.3) is 0 Å². The number of hydrogen-bond acceptors (Lipinski definition) is 5. The Morgan fingerprint density at radius 1 is 0.414 bits per heavy atom. The lowest BCUT2D eigenvalue weighted by atomic mass is 10.0. The van der Waals surface area contributed by atoms with Crippen molar-refractivity contribution in [3.05, 3.63) is 24.3 Å². The van der Waals surface area contributed by atoms with Crippen LogP contribution < -0.4 is 5.32 Å². The van der Waals surface area contributed by atoms with Gasteiger partial charge in [-0.05, 0) is 57.8 Å². The van der Waals surface area contributed by atoms with Crippen LogP contribution in [0.25, 0.3) is 0 Å². The van der Waals surface area contributed by atoms with Crippen LogP contribution in [0.4, 0.5) is 0 Å². The second kappa shape index (κ2) is 58.2. The molecule has 0 radical (unpaired) electrons. The molecule has 70 heavy (non-hydrogen) atoms. The minimum Gasteiger partial charge on any atom is -0.462 e. The Morgan fingerprint density at radius 3 is 1.11 bits per heavy atom. The van der Waals surface area contributed by atoms with Gasteiger partial charge in [-0.15, -0.1) is 0 Å². The monoisotopic (exact) mass is 986 g/mol. The van der Waals surface area contributed by atoms with Gasteiger partial charge in [-0.3, -0.25) is 9.59 Å². The minimum absolute atomic E-state index is 0.0786. The Labute approximate surface area is 437 Å². The summed E-state index contributed by atoms with van der Waals surface area (Å²) in [5.74, 6) is -0.457. The lowest BCUT2D eigenvalue weighted by Gasteiger charge is -2.24. The normalized spacial score (nSPS) is 13.2. The average Bonchev–Trinajstić information content (AvgIpc) is 3.35. The molecule has 0 rings (SSSR count). The third kappa shape index (κ3) is 52.7. The number of aliphatic hydroxyl groups excluding tert-OH is 2. The predicted octanol–water partition coefficient (Wildman–Crippen LogP) is 19.8. The van der Waals surface area contributed by atoms with Crippen LogP contribution in [0.2, 0.25) is 0 Å². The van der Waals surface area contributed by atoms with E-state index in [9.17, 15) is 19.8 Å². The van der Waals surface area contributed by atoms with Crippen LogP contribution >= 0.6 is 0 Å². The molecule has 0 fully saturated rings. The van der Waals surface area contributed by atoms with Crippen molar-refractivity contribution in [2.75, 3.05) is 6.61 Å². The van der Waals surface area contributed by atoms with Gasteiger partial charge < -0.3 is 20.3 Å². The highest BCUT2D eigenvalue weighted by Crippen LogP contribution is 2.19. The van der Waals surface area contributed by atoms with E-state index in [2.05, 4.69) is 50.4 Å². The van der Waals surface area contributed by atoms with Crippen molar-refractivity contribution in [2.45, 2.75) is 366 Å². The number of amides is 1. The van der Waals surface area contributed by atoms with Crippen molar-refractivity contribution in [3.63, 3.8) is 0 Å². The Hall–Kier alpha value is -1.66. The Morgan fingerprint density at radius 2 is 0.729 bits per heavy atom. The first kappa shape index (κ1) is 68.3. The average molecular weight is 987 g/mol. The summed E-state index contributed by atoms with van der Waals surface area (Å²) in [5.41, 5.74) is 0. The lowest BCUT2D eigenvalue weighted by Crippen LogP contribution is -2.46. The number of carbonyl (C=O) groups excluding carboxylic acids is 2. The summed E-state index contributed by atoms with van der Waals surface area (Å²) >= 11 is 0. The Balaban J connectivity index is 4.50. The van der Waals surface area contributed by atoms with Gasteiger partial charge >= 0.3 is 5.97 Å². The van der Waals surface area contributed by atoms with Crippen molar-refractivity contribution in [1.29, 1.82) is 0 Å². The van der Waals surface area contributed by atoms with Gasteiger partial charge in [0, 0.05) is 6.42 Å². The Bertz CT molecular complexity index is 1110. The topological polar surface area (TPSA) is 95.9 Å². The number of unbranched alkanes of at least 4 members (excludes halogenated alkanes) is 42. The highest BCUT2D eigenvalue weighted by atomic mass is 16.5. The molecule has 0 spiro atoms. The van der Waals surface area contributed by atoms with Crippen molar-refractivity contribution in [1.82, 2.24) is 5.32 Å². The number of ether oxygens (including phenoxy) is 1. The molecule has 0 saturated heterocycles. The van der Waals surface area contributed by atoms with Crippen molar-refractivity contribution >= 4 is 11.9 Å². The molecule has 0 saturated carbocycles. The minimum atomic E-state index is -0.787. The van der Waals surface area contributed by atoms with Crippen LogP contribution in [0.3, 0.4) is 0 Å². The SMILES string of the molecule is CCCCC/C=C\C/C=C\CCCCCCCCCC(CC(=O)NC(CO)C(O)CCCCCCCCCCCCCCCCC)OC(=O)CCCCCCCCCCCCCCCCCCCCC. The maximum absolute atomic E-state index is 13.3. The number of hydrogen-bond donors (Lipinski definition) is 3. The predicted molar refractivity (Wildman–Crippen MR) is 306 cm³/mol. The third-order valence-corrected chi connectivity index (χ3v) is 14.8. The number of aliphatic hydroxyl groups is 2. The van der Waals surface area contributed by atoms with Gasteiger partial charge in [0.2, 0.25) is 5.91 Å². The van der Waals surface area contributed by atoms with Gasteiger partial charge in [0.1, 0.15) is 6.10 Å².